The average molecular weight is 447 g/mol. The first kappa shape index (κ1) is 21.2. The van der Waals surface area contributed by atoms with Gasteiger partial charge in [-0.2, -0.15) is 4.37 Å². The Hall–Kier alpha value is -2.70. The van der Waals surface area contributed by atoms with Crippen LogP contribution in [0, 0.1) is 18.8 Å². The van der Waals surface area contributed by atoms with Gasteiger partial charge in [-0.3, -0.25) is 9.69 Å². The van der Waals surface area contributed by atoms with E-state index in [0.717, 1.165) is 50.6 Å². The molecule has 0 spiro atoms. The highest BCUT2D eigenvalue weighted by Crippen LogP contribution is 2.39. The van der Waals surface area contributed by atoms with E-state index in [9.17, 15) is 4.79 Å². The summed E-state index contributed by atoms with van der Waals surface area (Å²) in [7, 11) is 0. The van der Waals surface area contributed by atoms with Gasteiger partial charge in [0.2, 0.25) is 5.91 Å². The maximum absolute atomic E-state index is 12.2. The number of hydrogen-bond donors (Lipinski definition) is 1. The van der Waals surface area contributed by atoms with Gasteiger partial charge in [0.25, 0.3) is 0 Å². The number of aryl methyl sites for hydroxylation is 1. The molecular formula is C26H30N4OS. The lowest BCUT2D eigenvalue weighted by atomic mass is 10.1. The Morgan fingerprint density at radius 3 is 2.72 bits per heavy atom. The van der Waals surface area contributed by atoms with E-state index in [1.165, 1.54) is 22.1 Å². The van der Waals surface area contributed by atoms with Crippen molar-refractivity contribution < 1.29 is 4.79 Å². The van der Waals surface area contributed by atoms with Crippen molar-refractivity contribution in [2.24, 2.45) is 11.8 Å². The fourth-order valence-corrected chi connectivity index (χ4v) is 5.38. The van der Waals surface area contributed by atoms with Crippen LogP contribution >= 0.6 is 11.5 Å². The van der Waals surface area contributed by atoms with Crippen molar-refractivity contribution >= 4 is 39.4 Å². The van der Waals surface area contributed by atoms with Crippen molar-refractivity contribution in [3.63, 3.8) is 0 Å². The number of piperazine rings is 1. The van der Waals surface area contributed by atoms with Gasteiger partial charge in [0, 0.05) is 50.7 Å². The SMILES string of the molecule is Cc1ccccc1/C=C/C(=O)NCC1CC1CN1CCN(c2nsc3ccccc23)CC1. The number of benzene rings is 2. The number of carbonyl (C=O) groups is 1. The Bertz CT molecular complexity index is 1120. The van der Waals surface area contributed by atoms with Crippen LogP contribution in [0.1, 0.15) is 17.5 Å². The lowest BCUT2D eigenvalue weighted by Gasteiger charge is -2.35. The molecule has 32 heavy (non-hydrogen) atoms. The number of fused-ring (bicyclic) bond motifs is 1. The molecule has 5 rings (SSSR count). The van der Waals surface area contributed by atoms with E-state index < -0.39 is 0 Å². The standard InChI is InChI=1S/C26H30N4OS/c1-19-6-2-3-7-20(19)10-11-25(31)27-17-21-16-22(21)18-29-12-14-30(15-13-29)26-23-8-4-5-9-24(23)32-28-26/h2-11,21-22H,12-18H2,1H3,(H,27,31)/b11-10+. The average Bonchev–Trinajstić information content (AvgIpc) is 3.41. The van der Waals surface area contributed by atoms with E-state index in [2.05, 4.69) is 52.4 Å². The van der Waals surface area contributed by atoms with Gasteiger partial charge in [-0.25, -0.2) is 0 Å². The fourth-order valence-electron chi connectivity index (χ4n) is 4.59. The Morgan fingerprint density at radius 1 is 1.09 bits per heavy atom. The van der Waals surface area contributed by atoms with Gasteiger partial charge in [0.05, 0.1) is 4.70 Å². The number of nitrogens with one attached hydrogen (secondary N) is 1. The van der Waals surface area contributed by atoms with Crippen molar-refractivity contribution in [1.82, 2.24) is 14.6 Å². The number of aromatic nitrogens is 1. The van der Waals surface area contributed by atoms with Crippen LogP contribution in [-0.2, 0) is 4.79 Å². The third-order valence-electron chi connectivity index (χ3n) is 6.73. The first-order valence-electron chi connectivity index (χ1n) is 11.5. The molecule has 1 saturated carbocycles. The molecule has 2 aliphatic rings. The minimum absolute atomic E-state index is 0.00278. The lowest BCUT2D eigenvalue weighted by molar-refractivity contribution is -0.116. The fraction of sp³-hybridized carbons (Fsp3) is 0.385. The number of hydrogen-bond acceptors (Lipinski definition) is 5. The zero-order valence-corrected chi connectivity index (χ0v) is 19.4. The molecule has 1 amide bonds. The van der Waals surface area contributed by atoms with E-state index >= 15 is 0 Å². The molecule has 166 valence electrons. The van der Waals surface area contributed by atoms with E-state index in [-0.39, 0.29) is 5.91 Å². The van der Waals surface area contributed by atoms with Gasteiger partial charge in [-0.1, -0.05) is 36.4 Å². The zero-order valence-electron chi connectivity index (χ0n) is 18.5. The first-order chi connectivity index (χ1) is 15.7. The summed E-state index contributed by atoms with van der Waals surface area (Å²) in [4.78, 5) is 17.2. The smallest absolute Gasteiger partial charge is 0.244 e. The summed E-state index contributed by atoms with van der Waals surface area (Å²) in [6, 6.07) is 16.6. The summed E-state index contributed by atoms with van der Waals surface area (Å²) in [6.07, 6.45) is 4.78. The minimum atomic E-state index is 0.00278. The molecule has 1 aromatic heterocycles. The molecule has 1 saturated heterocycles. The van der Waals surface area contributed by atoms with E-state index in [1.54, 1.807) is 17.6 Å². The Morgan fingerprint density at radius 2 is 1.88 bits per heavy atom. The highest BCUT2D eigenvalue weighted by molar-refractivity contribution is 7.13. The Kier molecular flexibility index (Phi) is 6.23. The summed E-state index contributed by atoms with van der Waals surface area (Å²) in [5.41, 5.74) is 2.28. The van der Waals surface area contributed by atoms with E-state index in [1.807, 2.05) is 24.3 Å². The number of amides is 1. The first-order valence-corrected chi connectivity index (χ1v) is 12.3. The second-order valence-corrected chi connectivity index (χ2v) is 9.79. The van der Waals surface area contributed by atoms with Crippen LogP contribution in [0.4, 0.5) is 5.82 Å². The van der Waals surface area contributed by atoms with Crippen LogP contribution in [0.25, 0.3) is 16.2 Å². The highest BCUT2D eigenvalue weighted by Gasteiger charge is 2.38. The number of nitrogens with zero attached hydrogens (tertiary/aromatic N) is 3. The zero-order chi connectivity index (χ0) is 21.9. The van der Waals surface area contributed by atoms with Crippen molar-refractivity contribution in [3.05, 3.63) is 65.7 Å². The van der Waals surface area contributed by atoms with Gasteiger partial charge < -0.3 is 10.2 Å². The molecule has 6 heteroatoms. The predicted octanol–water partition coefficient (Wildman–Crippen LogP) is 4.19. The van der Waals surface area contributed by atoms with Crippen LogP contribution in [0.3, 0.4) is 0 Å². The third-order valence-corrected chi connectivity index (χ3v) is 7.55. The van der Waals surface area contributed by atoms with Gasteiger partial charge in [0.15, 0.2) is 0 Å². The highest BCUT2D eigenvalue weighted by atomic mass is 32.1. The monoisotopic (exact) mass is 446 g/mol. The Labute approximate surface area is 193 Å². The molecule has 0 radical (unpaired) electrons. The molecule has 2 atom stereocenters. The molecule has 5 nitrogen and oxygen atoms in total. The van der Waals surface area contributed by atoms with Crippen molar-refractivity contribution in [1.29, 1.82) is 0 Å². The summed E-state index contributed by atoms with van der Waals surface area (Å²) in [5.74, 6) is 2.48. The maximum Gasteiger partial charge on any atom is 0.244 e. The van der Waals surface area contributed by atoms with Gasteiger partial charge in [0.1, 0.15) is 5.82 Å². The van der Waals surface area contributed by atoms with E-state index in [4.69, 9.17) is 4.37 Å². The molecule has 0 bridgehead atoms. The molecule has 2 unspecified atom stereocenters. The summed E-state index contributed by atoms with van der Waals surface area (Å²) < 4.78 is 5.98. The number of anilines is 1. The predicted molar refractivity (Wildman–Crippen MR) is 133 cm³/mol. The molecule has 2 heterocycles. The van der Waals surface area contributed by atoms with Crippen LogP contribution < -0.4 is 10.2 Å². The van der Waals surface area contributed by atoms with Gasteiger partial charge in [-0.05, 0) is 66.0 Å². The second kappa shape index (κ2) is 9.43. The summed E-state index contributed by atoms with van der Waals surface area (Å²) >= 11 is 1.60. The van der Waals surface area contributed by atoms with Gasteiger partial charge in [-0.15, -0.1) is 0 Å². The number of rotatable bonds is 7. The quantitative estimate of drug-likeness (QED) is 0.553. The summed E-state index contributed by atoms with van der Waals surface area (Å²) in [5, 5.41) is 4.36. The van der Waals surface area contributed by atoms with Crippen LogP contribution in [-0.4, -0.2) is 54.4 Å². The van der Waals surface area contributed by atoms with Crippen LogP contribution in [0.2, 0.25) is 0 Å². The van der Waals surface area contributed by atoms with Crippen molar-refractivity contribution in [2.75, 3.05) is 44.2 Å². The van der Waals surface area contributed by atoms with Crippen molar-refractivity contribution in [3.8, 4) is 0 Å². The largest absolute Gasteiger partial charge is 0.353 e. The molecule has 2 aromatic carbocycles. The molecule has 2 fully saturated rings. The van der Waals surface area contributed by atoms with Crippen molar-refractivity contribution in [2.45, 2.75) is 13.3 Å². The van der Waals surface area contributed by atoms with Gasteiger partial charge >= 0.3 is 0 Å². The molecule has 1 N–H and O–H groups in total. The molecule has 1 aliphatic heterocycles. The lowest BCUT2D eigenvalue weighted by Crippen LogP contribution is -2.47. The molecule has 3 aromatic rings. The van der Waals surface area contributed by atoms with Crippen LogP contribution in [0.5, 0.6) is 0 Å². The number of carbonyl (C=O) groups excluding carboxylic acids is 1. The topological polar surface area (TPSA) is 48.5 Å². The second-order valence-electron chi connectivity index (χ2n) is 8.98. The third kappa shape index (κ3) is 4.87. The molecule has 1 aliphatic carbocycles. The molecular weight excluding hydrogens is 416 g/mol. The Balaban J connectivity index is 1.04. The maximum atomic E-state index is 12.2. The summed E-state index contributed by atoms with van der Waals surface area (Å²) in [6.45, 7) is 8.22. The normalized spacial score (nSPS) is 21.3. The van der Waals surface area contributed by atoms with E-state index in [0.29, 0.717) is 11.8 Å². The van der Waals surface area contributed by atoms with Crippen LogP contribution in [0.15, 0.2) is 54.6 Å². The minimum Gasteiger partial charge on any atom is -0.353 e.